The first-order chi connectivity index (χ1) is 20.8. The van der Waals surface area contributed by atoms with Crippen LogP contribution in [0, 0.1) is 5.82 Å². The van der Waals surface area contributed by atoms with Crippen LogP contribution >= 0.6 is 46.2 Å². The Labute approximate surface area is 292 Å². The smallest absolute Gasteiger partial charge is 0.857 e. The number of nitrogen functional groups attached to an aromatic ring is 1. The number of thiazole rings is 1. The molecule has 2 atom stereocenters. The van der Waals surface area contributed by atoms with E-state index in [2.05, 4.69) is 15.1 Å². The summed E-state index contributed by atoms with van der Waals surface area (Å²) < 4.78 is 14.7. The summed E-state index contributed by atoms with van der Waals surface area (Å²) in [6.45, 7) is 2.43. The van der Waals surface area contributed by atoms with E-state index >= 15 is 0 Å². The van der Waals surface area contributed by atoms with Crippen LogP contribution in [0.2, 0.25) is 0 Å². The zero-order valence-corrected chi connectivity index (χ0v) is 28.9. The Morgan fingerprint density at radius 3 is 2.67 bits per heavy atom. The van der Waals surface area contributed by atoms with Crippen molar-refractivity contribution < 1.29 is 68.5 Å². The third-order valence-electron chi connectivity index (χ3n) is 6.38. The number of halogens is 1. The van der Waals surface area contributed by atoms with E-state index in [9.17, 15) is 38.9 Å². The molecule has 0 radical (unpaired) electrons. The summed E-state index contributed by atoms with van der Waals surface area (Å²) in [5.74, 6) is -4.60. The fourth-order valence-corrected chi connectivity index (χ4v) is 8.34. The number of carboxylic acid groups (broad SMARTS) is 2. The Kier molecular flexibility index (Phi) is 10.7. The van der Waals surface area contributed by atoms with Gasteiger partial charge in [-0.25, -0.2) is 19.0 Å². The molecule has 13 nitrogen and oxygen atoms in total. The van der Waals surface area contributed by atoms with Gasteiger partial charge in [0.05, 0.1) is 4.21 Å². The molecule has 19 heteroatoms. The number of oxime groups is 1. The summed E-state index contributed by atoms with van der Waals surface area (Å²) in [5.41, 5.74) is 3.25. The van der Waals surface area contributed by atoms with Crippen LogP contribution in [0.4, 0.5) is 9.52 Å². The number of aliphatic imine (C=N–C) groups is 1. The average molecular weight is 702 g/mol. The Morgan fingerprint density at radius 1 is 1.29 bits per heavy atom. The van der Waals surface area contributed by atoms with Gasteiger partial charge in [-0.1, -0.05) is 5.16 Å². The van der Waals surface area contributed by atoms with E-state index in [1.165, 1.54) is 78.4 Å². The number of rotatable bonds is 10. The average Bonchev–Trinajstić information content (AvgIpc) is 3.39. The number of β-lactam (4-membered cyclic amide) rings is 1. The van der Waals surface area contributed by atoms with Crippen LogP contribution in [-0.4, -0.2) is 78.1 Å². The topological polar surface area (TPSA) is 208 Å². The second-order valence-electron chi connectivity index (χ2n) is 9.82. The van der Waals surface area contributed by atoms with Gasteiger partial charge >= 0.3 is 41.5 Å². The predicted molar refractivity (Wildman–Crippen MR) is 164 cm³/mol. The first-order valence-corrected chi connectivity index (χ1v) is 16.2. The Hall–Kier alpha value is -3.00. The maximum atomic E-state index is 13.7. The molecule has 0 aliphatic carbocycles. The summed E-state index contributed by atoms with van der Waals surface area (Å²) in [5, 5.41) is 37.2. The third kappa shape index (κ3) is 7.21. The van der Waals surface area contributed by atoms with Crippen molar-refractivity contribution in [2.75, 3.05) is 17.2 Å². The van der Waals surface area contributed by atoms with Crippen LogP contribution in [0.5, 0.6) is 0 Å². The normalized spacial score (nSPS) is 18.7. The van der Waals surface area contributed by atoms with Crippen molar-refractivity contribution in [2.24, 2.45) is 10.1 Å². The standard InChI is InChI=1S/C26H22FN5O8S4.Na/c1-26(2,24(38)39)40-31-17(13-9-43-25(28)29-13)20(34)30-18-21(35)32-19(23(36)37)10(8-42-22(18)32)7-41-16-6-14(33)12-4-3-11(27)5-15(12)44-16;/h3-6,9,18,22H,7-8H2,1-2H3,(H2,28,29)(H,30,34)(H,36,37)(H,38,39);/q;+1/p-1/b31-17+;/t18-,22-;/m1./s1. The number of nitrogens with zero attached hydrogens (tertiary/aromatic N) is 4. The largest absolute Gasteiger partial charge is 1.00 e. The Morgan fingerprint density at radius 2 is 2.02 bits per heavy atom. The van der Waals surface area contributed by atoms with Crippen LogP contribution in [0.25, 0.3) is 10.1 Å². The van der Waals surface area contributed by atoms with Gasteiger partial charge in [0.25, 0.3) is 5.91 Å². The van der Waals surface area contributed by atoms with E-state index in [1.54, 1.807) is 0 Å². The molecule has 5 rings (SSSR count). The molecule has 2 aliphatic rings. The fourth-order valence-electron chi connectivity index (χ4n) is 4.07. The second-order valence-corrected chi connectivity index (χ2v) is 14.2. The zero-order chi connectivity index (χ0) is 31.9. The molecule has 1 saturated heterocycles. The minimum absolute atomic E-state index is 0. The predicted octanol–water partition coefficient (Wildman–Crippen LogP) is -0.799. The first-order valence-electron chi connectivity index (χ1n) is 12.5. The number of hydrogen-bond donors (Lipinski definition) is 3. The Bertz CT molecular complexity index is 1860. The van der Waals surface area contributed by atoms with Gasteiger partial charge in [-0.05, 0) is 37.6 Å². The van der Waals surface area contributed by atoms with E-state index in [0.29, 0.717) is 19.9 Å². The number of carboxylic acids is 2. The van der Waals surface area contributed by atoms with Crippen LogP contribution in [0.15, 0.2) is 60.1 Å². The number of hydrogen-bond acceptors (Lipinski definition) is 14. The second kappa shape index (κ2) is 13.8. The van der Waals surface area contributed by atoms with Gasteiger partial charge in [0.1, 0.15) is 28.3 Å². The van der Waals surface area contributed by atoms with Crippen LogP contribution in [-0.2, 0) is 19.2 Å². The molecule has 0 unspecified atom stereocenters. The molecule has 1 fully saturated rings. The number of carbonyl (C=O) groups is 3. The summed E-state index contributed by atoms with van der Waals surface area (Å²) in [6, 6.07) is 4.03. The van der Waals surface area contributed by atoms with Gasteiger partial charge in [0.15, 0.2) is 16.6 Å². The van der Waals surface area contributed by atoms with Gasteiger partial charge in [-0.15, -0.1) is 46.2 Å². The number of benzene rings is 1. The molecule has 2 aliphatic heterocycles. The van der Waals surface area contributed by atoms with E-state index in [0.717, 1.165) is 16.2 Å². The molecule has 2 aromatic heterocycles. The van der Waals surface area contributed by atoms with Crippen LogP contribution in [0.1, 0.15) is 19.5 Å². The molecule has 45 heavy (non-hydrogen) atoms. The number of aromatic nitrogens is 1. The van der Waals surface area contributed by atoms with Gasteiger partial charge in [0.2, 0.25) is 5.60 Å². The maximum Gasteiger partial charge on any atom is 1.00 e. The number of carbonyl (C=O) groups excluding carboxylic acids is 1. The van der Waals surface area contributed by atoms with Crippen molar-refractivity contribution in [1.29, 1.82) is 0 Å². The number of thioether (sulfide) groups is 2. The fraction of sp³-hybridized carbons (Fsp3) is 0.269. The van der Waals surface area contributed by atoms with E-state index in [1.807, 2.05) is 0 Å². The van der Waals surface area contributed by atoms with Crippen molar-refractivity contribution in [3.8, 4) is 0 Å². The van der Waals surface area contributed by atoms with E-state index in [4.69, 9.17) is 10.6 Å². The zero-order valence-electron chi connectivity index (χ0n) is 23.7. The molecule has 0 saturated carbocycles. The third-order valence-corrected chi connectivity index (χ3v) is 10.8. The number of amides is 1. The minimum atomic E-state index is -1.80. The minimum Gasteiger partial charge on any atom is -0.857 e. The van der Waals surface area contributed by atoms with Gasteiger partial charge in [0, 0.05) is 38.9 Å². The summed E-state index contributed by atoms with van der Waals surface area (Å²) in [6.07, 6.45) is 0. The van der Waals surface area contributed by atoms with Crippen molar-refractivity contribution in [3.05, 3.63) is 62.7 Å². The number of aliphatic carboxylic acids is 2. The van der Waals surface area contributed by atoms with E-state index in [-0.39, 0.29) is 63.0 Å². The van der Waals surface area contributed by atoms with Gasteiger partial charge in [-0.3, -0.25) is 19.5 Å². The SMILES string of the molecule is CC(C)(O/N=C(/C([O-])=N[C@@H]1C(=O)N2C(C(=O)O)=C(CSc3cc(=O)c4ccc(F)cc4s3)CS[C@H]12)c1csc(N)n1)C(=O)O.[Na+]. The molecule has 230 valence electrons. The molecule has 0 spiro atoms. The number of anilines is 1. The molecule has 3 aromatic rings. The van der Waals surface area contributed by atoms with Crippen LogP contribution < -0.4 is 45.8 Å². The van der Waals surface area contributed by atoms with Gasteiger partial charge < -0.3 is 25.9 Å². The first kappa shape index (κ1) is 34.9. The van der Waals surface area contributed by atoms with Crippen LogP contribution in [0.3, 0.4) is 0 Å². The molecule has 1 amide bonds. The summed E-state index contributed by atoms with van der Waals surface area (Å²) in [7, 11) is 0. The van der Waals surface area contributed by atoms with Crippen molar-refractivity contribution in [3.63, 3.8) is 0 Å². The molecule has 4 heterocycles. The van der Waals surface area contributed by atoms with Crippen molar-refractivity contribution >= 4 is 90.9 Å². The molecule has 0 bridgehead atoms. The molecular formula is C26H21FN5NaO8S4. The van der Waals surface area contributed by atoms with Crippen molar-refractivity contribution in [2.45, 2.75) is 35.1 Å². The molecular weight excluding hydrogens is 681 g/mol. The monoisotopic (exact) mass is 701 g/mol. The molecule has 1 aromatic carbocycles. The maximum absolute atomic E-state index is 13.7. The van der Waals surface area contributed by atoms with Gasteiger partial charge in [-0.2, -0.15) is 0 Å². The number of fused-ring (bicyclic) bond motifs is 2. The summed E-state index contributed by atoms with van der Waals surface area (Å²) in [4.78, 5) is 63.4. The molecule has 4 N–H and O–H groups in total. The Balaban J connectivity index is 0.00000461. The number of nitrogens with two attached hydrogens (primary N) is 1. The quantitative estimate of drug-likeness (QED) is 0.0593. The van der Waals surface area contributed by atoms with Crippen molar-refractivity contribution in [1.82, 2.24) is 9.88 Å². The van der Waals surface area contributed by atoms with E-state index < -0.39 is 52.3 Å². The summed E-state index contributed by atoms with van der Waals surface area (Å²) >= 11 is 4.58.